The maximum absolute atomic E-state index is 11.6. The van der Waals surface area contributed by atoms with Crippen LogP contribution >= 0.6 is 27.5 Å². The number of rotatable bonds is 5. The second-order valence-electron chi connectivity index (χ2n) is 3.30. The van der Waals surface area contributed by atoms with E-state index >= 15 is 0 Å². The Morgan fingerprint density at radius 1 is 1.50 bits per heavy atom. The van der Waals surface area contributed by atoms with Crippen molar-refractivity contribution in [3.63, 3.8) is 0 Å². The number of carbonyl (C=O) groups excluding carboxylic acids is 1. The minimum Gasteiger partial charge on any atom is -0.465 e. The van der Waals surface area contributed by atoms with Gasteiger partial charge in [-0.15, -0.1) is 0 Å². The average molecular weight is 357 g/mol. The Morgan fingerprint density at radius 2 is 2.17 bits per heavy atom. The Bertz CT molecular complexity index is 547. The molecule has 0 heterocycles. The molecule has 8 heteroatoms. The third-order valence-electron chi connectivity index (χ3n) is 1.81. The van der Waals surface area contributed by atoms with Crippen molar-refractivity contribution in [2.45, 2.75) is 6.92 Å². The maximum atomic E-state index is 11.6. The summed E-state index contributed by atoms with van der Waals surface area (Å²) in [5.74, 6) is -1.51. The second kappa shape index (κ2) is 6.40. The third kappa shape index (κ3) is 4.83. The van der Waals surface area contributed by atoms with E-state index in [9.17, 15) is 13.2 Å². The number of halogens is 2. The van der Waals surface area contributed by atoms with E-state index in [4.69, 9.17) is 11.6 Å². The lowest BCUT2D eigenvalue weighted by Crippen LogP contribution is -2.24. The Labute approximate surface area is 119 Å². The minimum absolute atomic E-state index is 0.140. The lowest BCUT2D eigenvalue weighted by atomic mass is 10.3. The summed E-state index contributed by atoms with van der Waals surface area (Å²) >= 11 is 8.95. The van der Waals surface area contributed by atoms with Crippen LogP contribution in [0.2, 0.25) is 5.02 Å². The summed E-state index contributed by atoms with van der Waals surface area (Å²) in [6.07, 6.45) is 0. The third-order valence-corrected chi connectivity index (χ3v) is 4.18. The minimum atomic E-state index is -3.77. The summed E-state index contributed by atoms with van der Waals surface area (Å²) in [5.41, 5.74) is 0.315. The lowest BCUT2D eigenvalue weighted by molar-refractivity contribution is -0.139. The zero-order chi connectivity index (χ0) is 13.8. The number of hydrogen-bond acceptors (Lipinski definition) is 4. The van der Waals surface area contributed by atoms with Gasteiger partial charge in [0.15, 0.2) is 5.75 Å². The van der Waals surface area contributed by atoms with Crippen molar-refractivity contribution in [2.75, 3.05) is 17.1 Å². The molecule has 0 bridgehead atoms. The first-order valence-electron chi connectivity index (χ1n) is 4.95. The smallest absolute Gasteiger partial charge is 0.323 e. The lowest BCUT2D eigenvalue weighted by Gasteiger charge is -2.08. The number of carbonyl (C=O) groups is 1. The van der Waals surface area contributed by atoms with Crippen LogP contribution < -0.4 is 4.72 Å². The quantitative estimate of drug-likeness (QED) is 0.822. The van der Waals surface area contributed by atoms with Crippen molar-refractivity contribution in [3.8, 4) is 0 Å². The highest BCUT2D eigenvalue weighted by molar-refractivity contribution is 9.10. The van der Waals surface area contributed by atoms with Crippen molar-refractivity contribution in [2.24, 2.45) is 0 Å². The van der Waals surface area contributed by atoms with E-state index in [1.54, 1.807) is 6.92 Å². The molecule has 0 aromatic heterocycles. The van der Waals surface area contributed by atoms with Crippen molar-refractivity contribution >= 4 is 49.2 Å². The largest absolute Gasteiger partial charge is 0.465 e. The molecule has 0 spiro atoms. The van der Waals surface area contributed by atoms with Gasteiger partial charge < -0.3 is 4.74 Å². The average Bonchev–Trinajstić information content (AvgIpc) is 2.22. The summed E-state index contributed by atoms with van der Waals surface area (Å²) in [5, 5.41) is 0.461. The predicted octanol–water partition coefficient (Wildman–Crippen LogP) is 2.41. The van der Waals surface area contributed by atoms with Crippen molar-refractivity contribution in [3.05, 3.63) is 27.7 Å². The predicted molar refractivity (Wildman–Crippen MR) is 73.2 cm³/mol. The molecule has 0 aliphatic rings. The topological polar surface area (TPSA) is 72.5 Å². The second-order valence-corrected chi connectivity index (χ2v) is 6.28. The Kier molecular flexibility index (Phi) is 5.43. The number of ether oxygens (including phenoxy) is 1. The van der Waals surface area contributed by atoms with Gasteiger partial charge >= 0.3 is 5.97 Å². The van der Waals surface area contributed by atoms with Crippen LogP contribution in [0.25, 0.3) is 0 Å². The Balaban J connectivity index is 2.76. The van der Waals surface area contributed by atoms with Gasteiger partial charge in [0.1, 0.15) is 0 Å². The highest BCUT2D eigenvalue weighted by Crippen LogP contribution is 2.25. The molecule has 0 fully saturated rings. The van der Waals surface area contributed by atoms with E-state index in [1.165, 1.54) is 18.2 Å². The molecular formula is C10H11BrClNO4S. The Morgan fingerprint density at radius 3 is 2.72 bits per heavy atom. The molecule has 0 aliphatic carbocycles. The fraction of sp³-hybridized carbons (Fsp3) is 0.300. The summed E-state index contributed by atoms with van der Waals surface area (Å²) < 4.78 is 30.6. The molecule has 0 radical (unpaired) electrons. The van der Waals surface area contributed by atoms with Crippen LogP contribution in [0, 0.1) is 0 Å². The normalized spacial score (nSPS) is 11.1. The van der Waals surface area contributed by atoms with E-state index < -0.39 is 21.7 Å². The molecule has 0 amide bonds. The first kappa shape index (κ1) is 15.3. The van der Waals surface area contributed by atoms with Crippen LogP contribution in [0.3, 0.4) is 0 Å². The van der Waals surface area contributed by atoms with Crippen LogP contribution in [0.1, 0.15) is 6.92 Å². The summed E-state index contributed by atoms with van der Waals surface area (Å²) in [4.78, 5) is 11.1. The van der Waals surface area contributed by atoms with Gasteiger partial charge in [0.25, 0.3) is 0 Å². The van der Waals surface area contributed by atoms with Gasteiger partial charge in [-0.25, -0.2) is 8.42 Å². The Hall–Kier alpha value is -0.790. The summed E-state index contributed by atoms with van der Waals surface area (Å²) in [6.45, 7) is 1.75. The molecule has 0 saturated heterocycles. The van der Waals surface area contributed by atoms with Crippen LogP contribution in [0.5, 0.6) is 0 Å². The zero-order valence-electron chi connectivity index (χ0n) is 9.44. The van der Waals surface area contributed by atoms with Crippen LogP contribution in [0.15, 0.2) is 22.7 Å². The highest BCUT2D eigenvalue weighted by atomic mass is 79.9. The van der Waals surface area contributed by atoms with Crippen LogP contribution in [-0.4, -0.2) is 26.7 Å². The maximum Gasteiger partial charge on any atom is 0.323 e. The molecule has 0 atom stereocenters. The van der Waals surface area contributed by atoms with E-state index in [2.05, 4.69) is 25.4 Å². The number of anilines is 1. The SMILES string of the molecule is CCOC(=O)CS(=O)(=O)Nc1ccc(Cl)c(Br)c1. The molecule has 100 valence electrons. The number of sulfonamides is 1. The fourth-order valence-electron chi connectivity index (χ4n) is 1.13. The molecule has 5 nitrogen and oxygen atoms in total. The molecule has 1 N–H and O–H groups in total. The van der Waals surface area contributed by atoms with Crippen LogP contribution in [0.4, 0.5) is 5.69 Å². The molecular weight excluding hydrogens is 346 g/mol. The van der Waals surface area contributed by atoms with Gasteiger partial charge in [-0.05, 0) is 41.1 Å². The fourth-order valence-corrected chi connectivity index (χ4v) is 2.58. The van der Waals surface area contributed by atoms with Crippen molar-refractivity contribution in [1.82, 2.24) is 0 Å². The molecule has 1 aromatic carbocycles. The molecule has 0 unspecified atom stereocenters. The summed E-state index contributed by atoms with van der Waals surface area (Å²) in [6, 6.07) is 4.54. The highest BCUT2D eigenvalue weighted by Gasteiger charge is 2.17. The van der Waals surface area contributed by atoms with Gasteiger partial charge in [0.05, 0.1) is 11.6 Å². The number of esters is 1. The van der Waals surface area contributed by atoms with E-state index in [-0.39, 0.29) is 6.61 Å². The van der Waals surface area contributed by atoms with E-state index in [0.29, 0.717) is 15.2 Å². The zero-order valence-corrected chi connectivity index (χ0v) is 12.6. The summed E-state index contributed by atoms with van der Waals surface area (Å²) in [7, 11) is -3.77. The molecule has 0 saturated carbocycles. The molecule has 18 heavy (non-hydrogen) atoms. The number of benzene rings is 1. The van der Waals surface area contributed by atoms with E-state index in [0.717, 1.165) is 0 Å². The van der Waals surface area contributed by atoms with Crippen LogP contribution in [-0.2, 0) is 19.6 Å². The molecule has 1 aromatic rings. The monoisotopic (exact) mass is 355 g/mol. The van der Waals surface area contributed by atoms with Gasteiger partial charge in [0.2, 0.25) is 10.0 Å². The van der Waals surface area contributed by atoms with Gasteiger partial charge in [-0.3, -0.25) is 9.52 Å². The van der Waals surface area contributed by atoms with Gasteiger partial charge in [-0.2, -0.15) is 0 Å². The van der Waals surface area contributed by atoms with E-state index in [1.807, 2.05) is 0 Å². The number of hydrogen-bond donors (Lipinski definition) is 1. The van der Waals surface area contributed by atoms with Gasteiger partial charge in [-0.1, -0.05) is 11.6 Å². The van der Waals surface area contributed by atoms with Gasteiger partial charge in [0, 0.05) is 10.2 Å². The first-order chi connectivity index (χ1) is 8.34. The first-order valence-corrected chi connectivity index (χ1v) is 7.77. The number of nitrogens with one attached hydrogen (secondary N) is 1. The standard InChI is InChI=1S/C10H11BrClNO4S/c1-2-17-10(14)6-18(15,16)13-7-3-4-9(12)8(11)5-7/h3-5,13H,2,6H2,1H3. The van der Waals surface area contributed by atoms with Crippen molar-refractivity contribution < 1.29 is 17.9 Å². The molecule has 0 aliphatic heterocycles. The molecule has 1 rings (SSSR count). The van der Waals surface area contributed by atoms with Crippen molar-refractivity contribution in [1.29, 1.82) is 0 Å².